The summed E-state index contributed by atoms with van der Waals surface area (Å²) in [4.78, 5) is 4.39. The zero-order valence-corrected chi connectivity index (χ0v) is 13.0. The number of rotatable bonds is 5. The summed E-state index contributed by atoms with van der Waals surface area (Å²) in [6.07, 6.45) is 6.78. The van der Waals surface area contributed by atoms with Gasteiger partial charge in [0.15, 0.2) is 5.96 Å². The number of aromatic nitrogens is 1. The van der Waals surface area contributed by atoms with E-state index in [-0.39, 0.29) is 5.82 Å². The van der Waals surface area contributed by atoms with Crippen molar-refractivity contribution in [3.63, 3.8) is 0 Å². The molecule has 118 valence electrons. The highest BCUT2D eigenvalue weighted by molar-refractivity contribution is 5.84. The highest BCUT2D eigenvalue weighted by Crippen LogP contribution is 2.26. The second kappa shape index (κ2) is 6.38. The van der Waals surface area contributed by atoms with Crippen LogP contribution >= 0.6 is 0 Å². The third-order valence-electron chi connectivity index (χ3n) is 4.48. The summed E-state index contributed by atoms with van der Waals surface area (Å²) in [5.74, 6) is 1.05. The molecule has 5 heteroatoms. The maximum absolute atomic E-state index is 13.3. The van der Waals surface area contributed by atoms with Crippen LogP contribution < -0.4 is 11.1 Å². The molecule has 0 bridgehead atoms. The van der Waals surface area contributed by atoms with Crippen molar-refractivity contribution >= 4 is 16.9 Å². The molecule has 0 atom stereocenters. The SMILES string of the molecule is Cn1cc(CCNC(N)=NCC2CCC2)c2ccc(F)cc21. The third-order valence-corrected chi connectivity index (χ3v) is 4.48. The number of aliphatic imine (C=N–C) groups is 1. The van der Waals surface area contributed by atoms with Gasteiger partial charge in [0, 0.05) is 31.7 Å². The zero-order valence-electron chi connectivity index (χ0n) is 13.0. The predicted octanol–water partition coefficient (Wildman–Crippen LogP) is 2.56. The molecule has 0 radical (unpaired) electrons. The van der Waals surface area contributed by atoms with Crippen LogP contribution in [0.15, 0.2) is 29.4 Å². The van der Waals surface area contributed by atoms with Crippen molar-refractivity contribution in [2.45, 2.75) is 25.7 Å². The van der Waals surface area contributed by atoms with Crippen LogP contribution in [0.4, 0.5) is 4.39 Å². The van der Waals surface area contributed by atoms with E-state index in [1.807, 2.05) is 23.9 Å². The second-order valence-corrected chi connectivity index (χ2v) is 6.13. The molecule has 0 unspecified atom stereocenters. The molecule has 1 aliphatic rings. The number of halogens is 1. The fourth-order valence-electron chi connectivity index (χ4n) is 2.92. The van der Waals surface area contributed by atoms with Gasteiger partial charge in [-0.05, 0) is 48.9 Å². The lowest BCUT2D eigenvalue weighted by Gasteiger charge is -2.23. The van der Waals surface area contributed by atoms with Gasteiger partial charge < -0.3 is 15.6 Å². The molecule has 0 spiro atoms. The number of guanidine groups is 1. The summed E-state index contributed by atoms with van der Waals surface area (Å²) in [5, 5.41) is 4.26. The first-order valence-corrected chi connectivity index (χ1v) is 7.91. The quantitative estimate of drug-likeness (QED) is 0.659. The number of nitrogens with two attached hydrogens (primary N) is 1. The smallest absolute Gasteiger partial charge is 0.188 e. The summed E-state index contributed by atoms with van der Waals surface area (Å²) >= 11 is 0. The predicted molar refractivity (Wildman–Crippen MR) is 88.4 cm³/mol. The zero-order chi connectivity index (χ0) is 15.5. The number of benzene rings is 1. The Bertz CT molecular complexity index is 685. The number of nitrogens with one attached hydrogen (secondary N) is 1. The van der Waals surface area contributed by atoms with Crippen molar-refractivity contribution in [3.8, 4) is 0 Å². The van der Waals surface area contributed by atoms with E-state index >= 15 is 0 Å². The number of hydrogen-bond acceptors (Lipinski definition) is 1. The first-order chi connectivity index (χ1) is 10.6. The first kappa shape index (κ1) is 14.9. The fraction of sp³-hybridized carbons (Fsp3) is 0.471. The van der Waals surface area contributed by atoms with Crippen molar-refractivity contribution in [2.75, 3.05) is 13.1 Å². The van der Waals surface area contributed by atoms with Gasteiger partial charge in [-0.2, -0.15) is 0 Å². The van der Waals surface area contributed by atoms with Crippen molar-refractivity contribution in [2.24, 2.45) is 23.7 Å². The van der Waals surface area contributed by atoms with E-state index in [0.717, 1.165) is 36.3 Å². The minimum Gasteiger partial charge on any atom is -0.370 e. The minimum atomic E-state index is -0.203. The van der Waals surface area contributed by atoms with E-state index in [1.165, 1.54) is 30.9 Å². The Labute approximate surface area is 130 Å². The van der Waals surface area contributed by atoms with E-state index in [0.29, 0.717) is 5.96 Å². The molecule has 1 aromatic heterocycles. The van der Waals surface area contributed by atoms with Gasteiger partial charge >= 0.3 is 0 Å². The molecule has 22 heavy (non-hydrogen) atoms. The van der Waals surface area contributed by atoms with Crippen LogP contribution in [0.5, 0.6) is 0 Å². The van der Waals surface area contributed by atoms with E-state index in [4.69, 9.17) is 5.73 Å². The van der Waals surface area contributed by atoms with Gasteiger partial charge in [0.1, 0.15) is 5.82 Å². The van der Waals surface area contributed by atoms with Crippen LogP contribution in [-0.2, 0) is 13.5 Å². The second-order valence-electron chi connectivity index (χ2n) is 6.13. The number of fused-ring (bicyclic) bond motifs is 1. The number of aryl methyl sites for hydroxylation is 1. The Hall–Kier alpha value is -2.04. The lowest BCUT2D eigenvalue weighted by Crippen LogP contribution is -2.34. The molecule has 3 N–H and O–H groups in total. The first-order valence-electron chi connectivity index (χ1n) is 7.91. The van der Waals surface area contributed by atoms with Crippen LogP contribution in [0.3, 0.4) is 0 Å². The summed E-state index contributed by atoms with van der Waals surface area (Å²) in [5.41, 5.74) is 8.00. The summed E-state index contributed by atoms with van der Waals surface area (Å²) < 4.78 is 15.3. The molecular weight excluding hydrogens is 279 g/mol. The van der Waals surface area contributed by atoms with E-state index in [2.05, 4.69) is 10.3 Å². The van der Waals surface area contributed by atoms with E-state index in [9.17, 15) is 4.39 Å². The standard InChI is InChI=1S/C17H23FN4/c1-22-11-13(15-6-5-14(18)9-16(15)22)7-8-20-17(19)21-10-12-3-2-4-12/h5-6,9,11-12H,2-4,7-8,10H2,1H3,(H3,19,20,21). The molecule has 2 aromatic rings. The number of nitrogens with zero attached hydrogens (tertiary/aromatic N) is 2. The van der Waals surface area contributed by atoms with Crippen molar-refractivity contribution < 1.29 is 4.39 Å². The summed E-state index contributed by atoms with van der Waals surface area (Å²) in [7, 11) is 1.94. The lowest BCUT2D eigenvalue weighted by atomic mass is 9.86. The molecule has 1 fully saturated rings. The van der Waals surface area contributed by atoms with Gasteiger partial charge in [-0.15, -0.1) is 0 Å². The highest BCUT2D eigenvalue weighted by Gasteiger charge is 2.16. The molecule has 1 aromatic carbocycles. The third kappa shape index (κ3) is 3.24. The Morgan fingerprint density at radius 3 is 3.00 bits per heavy atom. The van der Waals surface area contributed by atoms with Crippen molar-refractivity contribution in [1.82, 2.24) is 9.88 Å². The summed E-state index contributed by atoms with van der Waals surface area (Å²) in [6.45, 7) is 1.57. The van der Waals surface area contributed by atoms with Gasteiger partial charge in [-0.1, -0.05) is 6.42 Å². The molecular formula is C17H23FN4. The van der Waals surface area contributed by atoms with Crippen molar-refractivity contribution in [1.29, 1.82) is 0 Å². The highest BCUT2D eigenvalue weighted by atomic mass is 19.1. The largest absolute Gasteiger partial charge is 0.370 e. The van der Waals surface area contributed by atoms with E-state index in [1.54, 1.807) is 6.07 Å². The molecule has 3 rings (SSSR count). The van der Waals surface area contributed by atoms with Crippen LogP contribution in [-0.4, -0.2) is 23.6 Å². The average Bonchev–Trinajstić information content (AvgIpc) is 2.73. The van der Waals surface area contributed by atoms with Gasteiger partial charge in [0.05, 0.1) is 5.52 Å². The number of hydrogen-bond donors (Lipinski definition) is 2. The van der Waals surface area contributed by atoms with Gasteiger partial charge in [0.25, 0.3) is 0 Å². The molecule has 0 amide bonds. The molecule has 1 aliphatic carbocycles. The molecule has 4 nitrogen and oxygen atoms in total. The Balaban J connectivity index is 1.57. The van der Waals surface area contributed by atoms with Gasteiger partial charge in [-0.25, -0.2) is 4.39 Å². The maximum Gasteiger partial charge on any atom is 0.188 e. The molecule has 1 heterocycles. The van der Waals surface area contributed by atoms with Crippen LogP contribution in [0.25, 0.3) is 10.9 Å². The minimum absolute atomic E-state index is 0.203. The molecule has 0 aliphatic heterocycles. The van der Waals surface area contributed by atoms with Crippen LogP contribution in [0, 0.1) is 11.7 Å². The van der Waals surface area contributed by atoms with Crippen LogP contribution in [0.2, 0.25) is 0 Å². The fourth-order valence-corrected chi connectivity index (χ4v) is 2.92. The Morgan fingerprint density at radius 1 is 1.45 bits per heavy atom. The topological polar surface area (TPSA) is 55.3 Å². The Morgan fingerprint density at radius 2 is 2.27 bits per heavy atom. The average molecular weight is 302 g/mol. The van der Waals surface area contributed by atoms with E-state index < -0.39 is 0 Å². The van der Waals surface area contributed by atoms with Crippen LogP contribution in [0.1, 0.15) is 24.8 Å². The lowest BCUT2D eigenvalue weighted by molar-refractivity contribution is 0.326. The van der Waals surface area contributed by atoms with Gasteiger partial charge in [0.2, 0.25) is 0 Å². The van der Waals surface area contributed by atoms with Gasteiger partial charge in [-0.3, -0.25) is 4.99 Å². The Kier molecular flexibility index (Phi) is 4.32. The monoisotopic (exact) mass is 302 g/mol. The molecule has 0 saturated heterocycles. The molecule has 1 saturated carbocycles. The summed E-state index contributed by atoms with van der Waals surface area (Å²) in [6, 6.07) is 4.92. The van der Waals surface area contributed by atoms with Crippen molar-refractivity contribution in [3.05, 3.63) is 35.8 Å². The maximum atomic E-state index is 13.3. The normalized spacial score (nSPS) is 16.0.